The summed E-state index contributed by atoms with van der Waals surface area (Å²) in [5.74, 6) is 3.87. The summed E-state index contributed by atoms with van der Waals surface area (Å²) in [7, 11) is 0. The number of fused-ring (bicyclic) bond motifs is 4. The van der Waals surface area contributed by atoms with Gasteiger partial charge in [-0.3, -0.25) is 4.79 Å². The summed E-state index contributed by atoms with van der Waals surface area (Å²) in [5, 5.41) is 4.77. The van der Waals surface area contributed by atoms with Crippen molar-refractivity contribution < 1.29 is 0 Å². The molecule has 1 aromatic rings. The van der Waals surface area contributed by atoms with Crippen LogP contribution in [0.25, 0.3) is 0 Å². The summed E-state index contributed by atoms with van der Waals surface area (Å²) in [6, 6.07) is 6.22. The Morgan fingerprint density at radius 2 is 1.72 bits per heavy atom. The van der Waals surface area contributed by atoms with Crippen LogP contribution in [0.1, 0.15) is 63.5 Å². The fourth-order valence-electron chi connectivity index (χ4n) is 8.20. The van der Waals surface area contributed by atoms with Crippen molar-refractivity contribution in [3.05, 3.63) is 34.2 Å². The zero-order chi connectivity index (χ0) is 19.8. The van der Waals surface area contributed by atoms with E-state index in [2.05, 4.69) is 23.2 Å². The molecule has 156 valence electrons. The van der Waals surface area contributed by atoms with Crippen molar-refractivity contribution in [3.63, 3.8) is 0 Å². The average molecular weight is 412 g/mol. The molecule has 6 aliphatic rings. The van der Waals surface area contributed by atoms with E-state index in [1.807, 2.05) is 10.6 Å². The Morgan fingerprint density at radius 3 is 2.41 bits per heavy atom. The van der Waals surface area contributed by atoms with Gasteiger partial charge in [0.25, 0.3) is 5.56 Å². The molecule has 0 unspecified atom stereocenters. The molecule has 1 N–H and O–H groups in total. The lowest BCUT2D eigenvalue weighted by Gasteiger charge is -2.59. The van der Waals surface area contributed by atoms with E-state index in [0.29, 0.717) is 23.3 Å². The number of rotatable bonds is 2. The van der Waals surface area contributed by atoms with Crippen molar-refractivity contribution in [3.8, 4) is 0 Å². The van der Waals surface area contributed by atoms with E-state index in [4.69, 9.17) is 12.2 Å². The van der Waals surface area contributed by atoms with Gasteiger partial charge in [-0.15, -0.1) is 0 Å². The largest absolute Gasteiger partial charge is 0.360 e. The van der Waals surface area contributed by atoms with Gasteiger partial charge in [-0.25, -0.2) is 0 Å². The number of hydrogen-bond donors (Lipinski definition) is 1. The van der Waals surface area contributed by atoms with Gasteiger partial charge in [0.2, 0.25) is 0 Å². The standard InChI is InChI=1S/C24H33N3OS/c1-15(24-9-16-5-17(10-24)7-18(6-16)11-24)25-23(29)26-12-19-8-20(14-26)21-3-2-4-22(28)27(21)13-19/h2-4,15-20H,5-14H2,1H3,(H,25,29)/t15-,16?,17?,18?,19+,20-,24?/m1/s1. The molecule has 0 spiro atoms. The quantitative estimate of drug-likeness (QED) is 0.752. The Balaban J connectivity index is 1.17. The van der Waals surface area contributed by atoms with Crippen LogP contribution in [0.4, 0.5) is 0 Å². The van der Waals surface area contributed by atoms with E-state index in [0.717, 1.165) is 42.5 Å². The molecule has 1 saturated heterocycles. The van der Waals surface area contributed by atoms with Gasteiger partial charge in [0.05, 0.1) is 0 Å². The second-order valence-electron chi connectivity index (χ2n) is 11.1. The number of nitrogens with zero attached hydrogens (tertiary/aromatic N) is 2. The first-order valence-corrected chi connectivity index (χ1v) is 12.1. The van der Waals surface area contributed by atoms with Gasteiger partial charge in [-0.2, -0.15) is 0 Å². The van der Waals surface area contributed by atoms with Gasteiger partial charge < -0.3 is 14.8 Å². The minimum atomic E-state index is 0.154. The Kier molecular flexibility index (Phi) is 4.17. The third-order valence-electron chi connectivity index (χ3n) is 9.11. The predicted octanol–water partition coefficient (Wildman–Crippen LogP) is 3.75. The molecule has 0 amide bonds. The molecular weight excluding hydrogens is 378 g/mol. The summed E-state index contributed by atoms with van der Waals surface area (Å²) in [4.78, 5) is 14.7. The number of piperidine rings is 1. The lowest BCUT2D eigenvalue weighted by atomic mass is 9.48. The Morgan fingerprint density at radius 1 is 1.03 bits per heavy atom. The van der Waals surface area contributed by atoms with Gasteiger partial charge >= 0.3 is 0 Å². The maximum atomic E-state index is 12.3. The molecule has 1 aromatic heterocycles. The minimum Gasteiger partial charge on any atom is -0.360 e. The topological polar surface area (TPSA) is 37.3 Å². The number of thiocarbonyl (C=S) groups is 1. The van der Waals surface area contributed by atoms with Crippen molar-refractivity contribution in [2.45, 2.75) is 70.4 Å². The fourth-order valence-corrected chi connectivity index (χ4v) is 8.53. The average Bonchev–Trinajstić information content (AvgIpc) is 2.67. The zero-order valence-electron chi connectivity index (χ0n) is 17.5. The molecule has 6 bridgehead atoms. The van der Waals surface area contributed by atoms with Gasteiger partial charge in [-0.05, 0) is 99.2 Å². The normalized spacial score (nSPS) is 40.4. The van der Waals surface area contributed by atoms with Crippen molar-refractivity contribution >= 4 is 17.3 Å². The fraction of sp³-hybridized carbons (Fsp3) is 0.750. The van der Waals surface area contributed by atoms with E-state index < -0.39 is 0 Å². The summed E-state index contributed by atoms with van der Waals surface area (Å²) >= 11 is 5.95. The first kappa shape index (κ1) is 18.4. The van der Waals surface area contributed by atoms with E-state index in [-0.39, 0.29) is 5.56 Å². The maximum absolute atomic E-state index is 12.3. The zero-order valence-corrected chi connectivity index (χ0v) is 18.3. The van der Waals surface area contributed by atoms with Crippen LogP contribution < -0.4 is 10.9 Å². The molecule has 4 saturated carbocycles. The third kappa shape index (κ3) is 2.98. The lowest BCUT2D eigenvalue weighted by Crippen LogP contribution is -2.59. The van der Waals surface area contributed by atoms with Crippen LogP contribution in [-0.4, -0.2) is 33.7 Å². The molecule has 4 aliphatic carbocycles. The number of aromatic nitrogens is 1. The number of nitrogens with one attached hydrogen (secondary N) is 1. The molecule has 3 atom stereocenters. The highest BCUT2D eigenvalue weighted by molar-refractivity contribution is 7.80. The van der Waals surface area contributed by atoms with Crippen molar-refractivity contribution in [2.24, 2.45) is 29.1 Å². The van der Waals surface area contributed by atoms with E-state index in [1.54, 1.807) is 6.07 Å². The van der Waals surface area contributed by atoms with Crippen LogP contribution in [0.5, 0.6) is 0 Å². The second-order valence-corrected chi connectivity index (χ2v) is 11.4. The van der Waals surface area contributed by atoms with Crippen LogP contribution in [-0.2, 0) is 6.54 Å². The van der Waals surface area contributed by atoms with Crippen molar-refractivity contribution in [1.82, 2.24) is 14.8 Å². The molecule has 5 heteroatoms. The van der Waals surface area contributed by atoms with E-state index in [1.165, 1.54) is 50.6 Å². The highest BCUT2D eigenvalue weighted by Gasteiger charge is 2.53. The molecule has 5 fully saturated rings. The first-order valence-electron chi connectivity index (χ1n) is 11.7. The molecule has 0 radical (unpaired) electrons. The van der Waals surface area contributed by atoms with E-state index in [9.17, 15) is 4.79 Å². The molecule has 4 nitrogen and oxygen atoms in total. The Bertz CT molecular complexity index is 857. The number of hydrogen-bond acceptors (Lipinski definition) is 2. The number of likely N-dealkylation sites (tertiary alicyclic amines) is 1. The predicted molar refractivity (Wildman–Crippen MR) is 119 cm³/mol. The summed E-state index contributed by atoms with van der Waals surface area (Å²) in [6.45, 7) is 5.17. The van der Waals surface area contributed by atoms with Gasteiger partial charge in [0.15, 0.2) is 5.11 Å². The third-order valence-corrected chi connectivity index (χ3v) is 9.49. The van der Waals surface area contributed by atoms with Gasteiger partial charge in [0.1, 0.15) is 0 Å². The maximum Gasteiger partial charge on any atom is 0.250 e. The van der Waals surface area contributed by atoms with Crippen molar-refractivity contribution in [2.75, 3.05) is 13.1 Å². The highest BCUT2D eigenvalue weighted by atomic mass is 32.1. The monoisotopic (exact) mass is 411 g/mol. The van der Waals surface area contributed by atoms with Crippen LogP contribution >= 0.6 is 12.2 Å². The van der Waals surface area contributed by atoms with Gasteiger partial charge in [0, 0.05) is 43.4 Å². The summed E-state index contributed by atoms with van der Waals surface area (Å²) < 4.78 is 2.00. The van der Waals surface area contributed by atoms with Crippen LogP contribution in [0.15, 0.2) is 23.0 Å². The lowest BCUT2D eigenvalue weighted by molar-refractivity contribution is -0.0676. The molecule has 0 aromatic carbocycles. The number of pyridine rings is 1. The Hall–Kier alpha value is -1.36. The smallest absolute Gasteiger partial charge is 0.250 e. The highest BCUT2D eigenvalue weighted by Crippen LogP contribution is 2.61. The van der Waals surface area contributed by atoms with Crippen LogP contribution in [0.2, 0.25) is 0 Å². The molecule has 29 heavy (non-hydrogen) atoms. The van der Waals surface area contributed by atoms with E-state index >= 15 is 0 Å². The van der Waals surface area contributed by atoms with Crippen LogP contribution in [0.3, 0.4) is 0 Å². The van der Waals surface area contributed by atoms with Gasteiger partial charge in [-0.1, -0.05) is 6.07 Å². The first-order chi connectivity index (χ1) is 14.0. The second kappa shape index (κ2) is 6.57. The molecule has 3 heterocycles. The van der Waals surface area contributed by atoms with Crippen molar-refractivity contribution in [1.29, 1.82) is 0 Å². The minimum absolute atomic E-state index is 0.154. The Labute approximate surface area is 179 Å². The summed E-state index contributed by atoms with van der Waals surface area (Å²) in [6.07, 6.45) is 9.90. The molecule has 7 rings (SSSR count). The van der Waals surface area contributed by atoms with Crippen LogP contribution in [0, 0.1) is 29.1 Å². The summed E-state index contributed by atoms with van der Waals surface area (Å²) in [5.41, 5.74) is 1.84. The SMILES string of the molecule is C[C@@H](NC(=S)N1C[C@@H]2C[C@H](C1)c1cccc(=O)n1C2)C12CC3CC(CC(C3)C1)C2. The molecule has 2 aliphatic heterocycles. The molecular formula is C24H33N3OS.